The second-order valence-corrected chi connectivity index (χ2v) is 6.78. The molecule has 1 N–H and O–H groups in total. The summed E-state index contributed by atoms with van der Waals surface area (Å²) in [5.41, 5.74) is 1.29. The van der Waals surface area contributed by atoms with Crippen molar-refractivity contribution in [3.63, 3.8) is 0 Å². The zero-order valence-electron chi connectivity index (χ0n) is 14.8. The lowest BCUT2D eigenvalue weighted by Gasteiger charge is -2.18. The number of carbonyl (C=O) groups excluding carboxylic acids is 2. The third-order valence-corrected chi connectivity index (χ3v) is 4.40. The van der Waals surface area contributed by atoms with E-state index >= 15 is 0 Å². The van der Waals surface area contributed by atoms with E-state index in [0.717, 1.165) is 32.4 Å². The van der Waals surface area contributed by atoms with Crippen LogP contribution in [-0.2, 0) is 16.0 Å². The summed E-state index contributed by atoms with van der Waals surface area (Å²) in [5, 5.41) is 2.98. The summed E-state index contributed by atoms with van der Waals surface area (Å²) >= 11 is 0. The highest BCUT2D eigenvalue weighted by atomic mass is 16.2. The Morgan fingerprint density at radius 3 is 2.71 bits per heavy atom. The van der Waals surface area contributed by atoms with Gasteiger partial charge in [0.05, 0.1) is 5.92 Å². The van der Waals surface area contributed by atoms with Gasteiger partial charge >= 0.3 is 0 Å². The average Bonchev–Trinajstić information content (AvgIpc) is 2.93. The predicted molar refractivity (Wildman–Crippen MR) is 95.6 cm³/mol. The van der Waals surface area contributed by atoms with Gasteiger partial charge in [0, 0.05) is 26.1 Å². The molecule has 1 aromatic rings. The van der Waals surface area contributed by atoms with Crippen LogP contribution in [0.15, 0.2) is 30.3 Å². The molecule has 1 unspecified atom stereocenters. The summed E-state index contributed by atoms with van der Waals surface area (Å²) in [6, 6.07) is 10.3. The van der Waals surface area contributed by atoms with E-state index in [9.17, 15) is 9.59 Å². The molecular formula is C19H29N3O2. The van der Waals surface area contributed by atoms with Crippen LogP contribution in [0.4, 0.5) is 0 Å². The minimum absolute atomic E-state index is 0.0199. The Morgan fingerprint density at radius 2 is 2.00 bits per heavy atom. The molecule has 0 spiro atoms. The molecular weight excluding hydrogens is 302 g/mol. The molecule has 2 rings (SSSR count). The molecule has 0 aromatic heterocycles. The van der Waals surface area contributed by atoms with Gasteiger partial charge in [-0.1, -0.05) is 30.3 Å². The molecule has 5 nitrogen and oxygen atoms in total. The normalized spacial score (nSPS) is 17.5. The van der Waals surface area contributed by atoms with Crippen molar-refractivity contribution in [3.8, 4) is 0 Å². The fourth-order valence-corrected chi connectivity index (χ4v) is 3.03. The zero-order valence-corrected chi connectivity index (χ0v) is 14.8. The molecule has 1 aromatic carbocycles. The molecule has 0 aliphatic carbocycles. The van der Waals surface area contributed by atoms with E-state index in [1.165, 1.54) is 5.56 Å². The van der Waals surface area contributed by atoms with Crippen LogP contribution in [0.2, 0.25) is 0 Å². The lowest BCUT2D eigenvalue weighted by molar-refractivity contribution is -0.129. The molecule has 0 saturated carbocycles. The standard InChI is InChI=1S/C19H29N3O2/c1-21(2)12-7-13-22-15-17(14-18(22)23)19(24)20-11-6-10-16-8-4-3-5-9-16/h3-5,8-9,17H,6-7,10-15H2,1-2H3,(H,20,24). The smallest absolute Gasteiger partial charge is 0.225 e. The lowest BCUT2D eigenvalue weighted by Crippen LogP contribution is -2.34. The van der Waals surface area contributed by atoms with E-state index in [4.69, 9.17) is 0 Å². The quantitative estimate of drug-likeness (QED) is 0.698. The van der Waals surface area contributed by atoms with Crippen LogP contribution in [0.1, 0.15) is 24.8 Å². The SMILES string of the molecule is CN(C)CCCN1CC(C(=O)NCCCc2ccccc2)CC1=O. The number of aryl methyl sites for hydroxylation is 1. The van der Waals surface area contributed by atoms with E-state index in [0.29, 0.717) is 19.5 Å². The fourth-order valence-electron chi connectivity index (χ4n) is 3.03. The van der Waals surface area contributed by atoms with Gasteiger partial charge in [-0.3, -0.25) is 9.59 Å². The summed E-state index contributed by atoms with van der Waals surface area (Å²) in [7, 11) is 4.05. The molecule has 1 aliphatic rings. The van der Waals surface area contributed by atoms with Crippen molar-refractivity contribution in [1.82, 2.24) is 15.1 Å². The Balaban J connectivity index is 1.65. The van der Waals surface area contributed by atoms with Gasteiger partial charge in [0.1, 0.15) is 0 Å². The van der Waals surface area contributed by atoms with Crippen LogP contribution < -0.4 is 5.32 Å². The molecule has 1 aliphatic heterocycles. The maximum absolute atomic E-state index is 12.2. The van der Waals surface area contributed by atoms with Gasteiger partial charge in [-0.25, -0.2) is 0 Å². The van der Waals surface area contributed by atoms with Crippen LogP contribution in [0.5, 0.6) is 0 Å². The zero-order chi connectivity index (χ0) is 17.4. The molecule has 1 saturated heterocycles. The lowest BCUT2D eigenvalue weighted by atomic mass is 10.1. The van der Waals surface area contributed by atoms with E-state index in [2.05, 4.69) is 22.3 Å². The topological polar surface area (TPSA) is 52.6 Å². The Kier molecular flexibility index (Phi) is 7.25. The van der Waals surface area contributed by atoms with Gasteiger partial charge in [-0.2, -0.15) is 0 Å². The first-order valence-corrected chi connectivity index (χ1v) is 8.80. The highest BCUT2D eigenvalue weighted by Gasteiger charge is 2.33. The fraction of sp³-hybridized carbons (Fsp3) is 0.579. The van der Waals surface area contributed by atoms with Crippen molar-refractivity contribution in [2.75, 3.05) is 40.3 Å². The van der Waals surface area contributed by atoms with Gasteiger partial charge in [-0.05, 0) is 45.5 Å². The van der Waals surface area contributed by atoms with E-state index in [1.54, 1.807) is 0 Å². The minimum Gasteiger partial charge on any atom is -0.356 e. The summed E-state index contributed by atoms with van der Waals surface area (Å²) in [6.45, 7) is 2.94. The summed E-state index contributed by atoms with van der Waals surface area (Å²) in [6.07, 6.45) is 3.18. The Labute approximate surface area is 145 Å². The van der Waals surface area contributed by atoms with Crippen LogP contribution in [0, 0.1) is 5.92 Å². The Bertz CT molecular complexity index is 531. The molecule has 132 valence electrons. The minimum atomic E-state index is -0.186. The number of likely N-dealkylation sites (tertiary alicyclic amines) is 1. The number of benzene rings is 1. The van der Waals surface area contributed by atoms with Crippen molar-refractivity contribution in [2.24, 2.45) is 5.92 Å². The Morgan fingerprint density at radius 1 is 1.25 bits per heavy atom. The number of nitrogens with zero attached hydrogens (tertiary/aromatic N) is 2. The van der Waals surface area contributed by atoms with Crippen molar-refractivity contribution in [1.29, 1.82) is 0 Å². The third kappa shape index (κ3) is 5.96. The summed E-state index contributed by atoms with van der Waals surface area (Å²) < 4.78 is 0. The number of rotatable bonds is 9. The summed E-state index contributed by atoms with van der Waals surface area (Å²) in [5.74, 6) is -0.0571. The van der Waals surface area contributed by atoms with Gasteiger partial charge in [0.2, 0.25) is 11.8 Å². The first-order chi connectivity index (χ1) is 11.6. The average molecular weight is 331 g/mol. The number of hydrogen-bond acceptors (Lipinski definition) is 3. The van der Waals surface area contributed by atoms with Crippen molar-refractivity contribution < 1.29 is 9.59 Å². The molecule has 1 atom stereocenters. The monoisotopic (exact) mass is 331 g/mol. The van der Waals surface area contributed by atoms with Crippen LogP contribution in [-0.4, -0.2) is 61.9 Å². The molecule has 1 heterocycles. The van der Waals surface area contributed by atoms with Crippen molar-refractivity contribution in [2.45, 2.75) is 25.7 Å². The van der Waals surface area contributed by atoms with Crippen molar-refractivity contribution in [3.05, 3.63) is 35.9 Å². The van der Waals surface area contributed by atoms with E-state index < -0.39 is 0 Å². The molecule has 0 bridgehead atoms. The first-order valence-electron chi connectivity index (χ1n) is 8.80. The maximum Gasteiger partial charge on any atom is 0.225 e. The van der Waals surface area contributed by atoms with Gasteiger partial charge in [0.15, 0.2) is 0 Å². The highest BCUT2D eigenvalue weighted by Crippen LogP contribution is 2.18. The Hall–Kier alpha value is -1.88. The number of nitrogens with one attached hydrogen (secondary N) is 1. The first kappa shape index (κ1) is 18.5. The highest BCUT2D eigenvalue weighted by molar-refractivity contribution is 5.89. The van der Waals surface area contributed by atoms with Gasteiger partial charge < -0.3 is 15.1 Å². The number of amides is 2. The predicted octanol–water partition coefficient (Wildman–Crippen LogP) is 1.54. The number of hydrogen-bond donors (Lipinski definition) is 1. The molecule has 5 heteroatoms. The number of carbonyl (C=O) groups is 2. The second-order valence-electron chi connectivity index (χ2n) is 6.78. The third-order valence-electron chi connectivity index (χ3n) is 4.40. The largest absolute Gasteiger partial charge is 0.356 e. The maximum atomic E-state index is 12.2. The second kappa shape index (κ2) is 9.42. The molecule has 2 amide bonds. The van der Waals surface area contributed by atoms with E-state index in [-0.39, 0.29) is 17.7 Å². The van der Waals surface area contributed by atoms with Crippen LogP contribution >= 0.6 is 0 Å². The molecule has 1 fully saturated rings. The molecule has 0 radical (unpaired) electrons. The van der Waals surface area contributed by atoms with Crippen LogP contribution in [0.3, 0.4) is 0 Å². The molecule has 24 heavy (non-hydrogen) atoms. The summed E-state index contributed by atoms with van der Waals surface area (Å²) in [4.78, 5) is 28.2. The van der Waals surface area contributed by atoms with E-state index in [1.807, 2.05) is 37.2 Å². The van der Waals surface area contributed by atoms with Crippen molar-refractivity contribution >= 4 is 11.8 Å². The van der Waals surface area contributed by atoms with Gasteiger partial charge in [-0.15, -0.1) is 0 Å². The van der Waals surface area contributed by atoms with Gasteiger partial charge in [0.25, 0.3) is 0 Å². The van der Waals surface area contributed by atoms with Crippen LogP contribution in [0.25, 0.3) is 0 Å².